The summed E-state index contributed by atoms with van der Waals surface area (Å²) in [5.41, 5.74) is 0.0287. The van der Waals surface area contributed by atoms with Crippen LogP contribution in [0.4, 0.5) is 8.78 Å². The van der Waals surface area contributed by atoms with Crippen molar-refractivity contribution in [2.75, 3.05) is 26.2 Å². The van der Waals surface area contributed by atoms with E-state index in [1.165, 1.54) is 25.5 Å². The molecule has 2 amide bonds. The number of benzene rings is 1. The molecule has 2 aliphatic heterocycles. The molecular weight excluding hydrogens is 666 g/mol. The molecular formula is C42H57F2N2O6. The molecule has 10 heteroatoms. The second-order valence-electron chi connectivity index (χ2n) is 18.6. The Labute approximate surface area is 308 Å². The number of morpholine rings is 1. The van der Waals surface area contributed by atoms with Crippen LogP contribution in [0, 0.1) is 74.6 Å². The third-order valence-electron chi connectivity index (χ3n) is 15.9. The molecule has 5 aliphatic carbocycles. The predicted octanol–water partition coefficient (Wildman–Crippen LogP) is 7.00. The van der Waals surface area contributed by atoms with Crippen molar-refractivity contribution >= 4 is 11.8 Å². The zero-order valence-corrected chi connectivity index (χ0v) is 32.0. The van der Waals surface area contributed by atoms with E-state index in [0.29, 0.717) is 37.6 Å². The number of hydrogen-bond acceptors (Lipinski definition) is 6. The fourth-order valence-corrected chi connectivity index (χ4v) is 13.4. The van der Waals surface area contributed by atoms with E-state index in [1.807, 2.05) is 4.90 Å². The van der Waals surface area contributed by atoms with Gasteiger partial charge in [0.1, 0.15) is 23.8 Å². The fourth-order valence-electron chi connectivity index (χ4n) is 13.4. The predicted molar refractivity (Wildman–Crippen MR) is 189 cm³/mol. The molecule has 2 saturated heterocycles. The maximum absolute atomic E-state index is 14.0. The van der Waals surface area contributed by atoms with Gasteiger partial charge < -0.3 is 29.1 Å². The van der Waals surface area contributed by atoms with E-state index in [1.54, 1.807) is 17.7 Å². The Hall–Kier alpha value is -2.14. The van der Waals surface area contributed by atoms with Crippen LogP contribution < -0.4 is 0 Å². The molecule has 2 spiro atoms. The van der Waals surface area contributed by atoms with Gasteiger partial charge in [0.25, 0.3) is 0 Å². The van der Waals surface area contributed by atoms with Gasteiger partial charge in [-0.25, -0.2) is 8.78 Å². The van der Waals surface area contributed by atoms with Gasteiger partial charge in [-0.1, -0.05) is 34.6 Å². The standard InChI is InChI=1S/C42H57F2N2O6/c1-24-16-30(21-46(26(3)48)20-27-17-28(43)19-29(44)18-27)51-36-35(24)39(6)12-13-42-23-41(42)11-10-33(52-34-22-45(25(2)47)14-15-50-34)38(4,5)31(41)8-9-32(42)40(39,7)37(36)49/h17-19,24,31,33-35,37,49H,8-16,20-23H2,1-7H3/t24-,31+,33?,34+,35+,37+,39-,40-,41-,42+/m1/s1. The molecule has 0 aromatic heterocycles. The lowest BCUT2D eigenvalue weighted by molar-refractivity contribution is -0.242. The van der Waals surface area contributed by atoms with Crippen LogP contribution in [0.2, 0.25) is 0 Å². The average molecular weight is 724 g/mol. The minimum absolute atomic E-state index is 0.0527. The first-order valence-electron chi connectivity index (χ1n) is 19.6. The van der Waals surface area contributed by atoms with E-state index in [9.17, 15) is 23.5 Å². The SMILES string of the molecule is CC(=O)N(C[C]1C[C@@H](C)[C@H]2[C](O1)[C@H](O)[C@@]1(C)[C]3CC[C@H]4C(C)(C)C(O[C@H]5CN(C(C)=O)CCO5)CC[C@@]45C[C@@]35CC[C@]21C)Cc1cc(F)cc(F)c1. The van der Waals surface area contributed by atoms with Gasteiger partial charge in [-0.05, 0) is 108 Å². The minimum Gasteiger partial charge on any atom is -0.389 e. The Morgan fingerprint density at radius 2 is 1.77 bits per heavy atom. The van der Waals surface area contributed by atoms with Crippen molar-refractivity contribution in [2.45, 2.75) is 125 Å². The number of amides is 2. The van der Waals surface area contributed by atoms with Crippen molar-refractivity contribution in [3.63, 3.8) is 0 Å². The zero-order valence-electron chi connectivity index (χ0n) is 32.0. The van der Waals surface area contributed by atoms with Crippen molar-refractivity contribution in [3.8, 4) is 0 Å². The lowest BCUT2D eigenvalue weighted by Gasteiger charge is -2.63. The van der Waals surface area contributed by atoms with E-state index in [-0.39, 0.29) is 64.5 Å². The van der Waals surface area contributed by atoms with Crippen LogP contribution in [0.3, 0.4) is 0 Å². The second-order valence-corrected chi connectivity index (χ2v) is 18.6. The number of hydrogen-bond donors (Lipinski definition) is 1. The average Bonchev–Trinajstić information content (AvgIpc) is 3.70. The Morgan fingerprint density at radius 3 is 2.46 bits per heavy atom. The second kappa shape index (κ2) is 12.4. The maximum atomic E-state index is 14.0. The number of aliphatic hydroxyl groups excluding tert-OH is 1. The highest BCUT2D eigenvalue weighted by atomic mass is 19.1. The molecule has 8 rings (SSSR count). The molecule has 7 aliphatic rings. The number of rotatable bonds is 6. The molecule has 8 nitrogen and oxygen atoms in total. The summed E-state index contributed by atoms with van der Waals surface area (Å²) >= 11 is 0. The molecule has 7 fully saturated rings. The lowest BCUT2D eigenvalue weighted by Crippen LogP contribution is -2.59. The summed E-state index contributed by atoms with van der Waals surface area (Å²) in [5.74, 6) is 0.843. The maximum Gasteiger partial charge on any atom is 0.219 e. The van der Waals surface area contributed by atoms with Gasteiger partial charge in [0.15, 0.2) is 6.29 Å². The third-order valence-corrected chi connectivity index (χ3v) is 15.9. The van der Waals surface area contributed by atoms with Crippen LogP contribution in [-0.4, -0.2) is 71.5 Å². The number of nitrogens with zero attached hydrogens (tertiary/aromatic N) is 2. The van der Waals surface area contributed by atoms with Crippen molar-refractivity contribution in [3.05, 3.63) is 53.5 Å². The van der Waals surface area contributed by atoms with Gasteiger partial charge >= 0.3 is 0 Å². The van der Waals surface area contributed by atoms with E-state index >= 15 is 0 Å². The summed E-state index contributed by atoms with van der Waals surface area (Å²) in [6.07, 6.45) is 8.46. The van der Waals surface area contributed by atoms with Crippen LogP contribution in [0.1, 0.15) is 105 Å². The van der Waals surface area contributed by atoms with Gasteiger partial charge in [0.2, 0.25) is 11.8 Å². The largest absolute Gasteiger partial charge is 0.389 e. The van der Waals surface area contributed by atoms with E-state index < -0.39 is 29.4 Å². The van der Waals surface area contributed by atoms with Crippen molar-refractivity contribution in [1.29, 1.82) is 0 Å². The molecule has 2 heterocycles. The Balaban J connectivity index is 1.00. The van der Waals surface area contributed by atoms with E-state index in [0.717, 1.165) is 56.8 Å². The van der Waals surface area contributed by atoms with Crippen LogP contribution in [0.5, 0.6) is 0 Å². The minimum atomic E-state index is -0.759. The summed E-state index contributed by atoms with van der Waals surface area (Å²) in [4.78, 5) is 28.3. The monoisotopic (exact) mass is 723 g/mol. The Kier molecular flexibility index (Phi) is 8.81. The van der Waals surface area contributed by atoms with Gasteiger partial charge in [-0.3, -0.25) is 9.59 Å². The summed E-state index contributed by atoms with van der Waals surface area (Å²) < 4.78 is 47.4. The number of carbonyl (C=O) groups excluding carboxylic acids is 2. The number of fused-ring (bicyclic) bond motifs is 4. The number of halogens is 2. The zero-order chi connectivity index (χ0) is 37.2. The summed E-state index contributed by atoms with van der Waals surface area (Å²) in [5, 5.41) is 12.6. The molecule has 1 aromatic rings. The highest BCUT2D eigenvalue weighted by Gasteiger charge is 2.85. The van der Waals surface area contributed by atoms with Gasteiger partial charge in [0.05, 0.1) is 31.9 Å². The van der Waals surface area contributed by atoms with E-state index in [2.05, 4.69) is 34.6 Å². The number of ether oxygens (including phenoxy) is 3. The topological polar surface area (TPSA) is 88.5 Å². The Bertz CT molecular complexity index is 1590. The first-order chi connectivity index (χ1) is 24.5. The smallest absolute Gasteiger partial charge is 0.219 e. The molecule has 0 bridgehead atoms. The highest BCUT2D eigenvalue weighted by molar-refractivity contribution is 5.73. The highest BCUT2D eigenvalue weighted by Crippen LogP contribution is 2.90. The molecule has 1 unspecified atom stereocenters. The lowest BCUT2D eigenvalue weighted by atomic mass is 9.41. The first-order valence-corrected chi connectivity index (χ1v) is 19.6. The van der Waals surface area contributed by atoms with E-state index in [4.69, 9.17) is 14.2 Å². The van der Waals surface area contributed by atoms with Crippen LogP contribution in [-0.2, 0) is 30.3 Å². The molecule has 5 saturated carbocycles. The summed E-state index contributed by atoms with van der Waals surface area (Å²) in [6, 6.07) is 3.35. The van der Waals surface area contributed by atoms with Gasteiger partial charge in [-0.2, -0.15) is 0 Å². The van der Waals surface area contributed by atoms with Crippen molar-refractivity contribution in [2.24, 2.45) is 44.8 Å². The normalized spacial score (nSPS) is 42.8. The van der Waals surface area contributed by atoms with Crippen LogP contribution in [0.25, 0.3) is 0 Å². The molecule has 1 N–H and O–H groups in total. The number of carbonyl (C=O) groups is 2. The molecule has 52 heavy (non-hydrogen) atoms. The third kappa shape index (κ3) is 5.22. The summed E-state index contributed by atoms with van der Waals surface area (Å²) in [6.45, 7) is 16.7. The molecule has 3 radical (unpaired) electrons. The quantitative estimate of drug-likeness (QED) is 0.340. The van der Waals surface area contributed by atoms with Gasteiger partial charge in [0, 0.05) is 44.3 Å². The molecule has 1 aromatic carbocycles. The molecule has 285 valence electrons. The van der Waals surface area contributed by atoms with Crippen LogP contribution in [0.15, 0.2) is 18.2 Å². The fraction of sp³-hybridized carbons (Fsp3) is 0.738. The van der Waals surface area contributed by atoms with Gasteiger partial charge in [-0.15, -0.1) is 0 Å². The van der Waals surface area contributed by atoms with Crippen molar-refractivity contribution in [1.82, 2.24) is 9.80 Å². The first kappa shape index (κ1) is 36.8. The number of aliphatic hydroxyl groups is 1. The van der Waals surface area contributed by atoms with Crippen LogP contribution >= 0.6 is 0 Å². The van der Waals surface area contributed by atoms with Crippen molar-refractivity contribution < 1.29 is 37.7 Å². The Morgan fingerprint density at radius 1 is 1.04 bits per heavy atom. The summed E-state index contributed by atoms with van der Waals surface area (Å²) in [7, 11) is 0. The molecule has 10 atom stereocenters.